The Morgan fingerprint density at radius 2 is 2.23 bits per heavy atom. The number of carbonyl (C=O) groups is 1. The van der Waals surface area contributed by atoms with E-state index in [0.29, 0.717) is 5.56 Å². The number of halogens is 1. The molecule has 0 atom stereocenters. The molecular weight excluding hydrogens is 332 g/mol. The molecule has 66 valence electrons. The van der Waals surface area contributed by atoms with Crippen LogP contribution < -0.4 is 0 Å². The van der Waals surface area contributed by atoms with E-state index in [0.717, 1.165) is 5.56 Å². The second-order valence-corrected chi connectivity index (χ2v) is 2.23. The predicted octanol–water partition coefficient (Wildman–Crippen LogP) is 2.47. The molecule has 0 N–H and O–H groups in total. The van der Waals surface area contributed by atoms with Crippen LogP contribution in [-0.4, -0.2) is 13.1 Å². The van der Waals surface area contributed by atoms with E-state index in [9.17, 15) is 4.79 Å². The van der Waals surface area contributed by atoms with E-state index in [-0.39, 0.29) is 5.97 Å². The predicted molar refractivity (Wildman–Crippen MR) is 55.4 cm³/mol. The number of carbonyl (C=O) groups excluding carboxylic acids is 1. The minimum atomic E-state index is -0.306. The first-order valence-electron chi connectivity index (χ1n) is 3.57. The maximum atomic E-state index is 11.0. The van der Waals surface area contributed by atoms with E-state index < -0.39 is 0 Å². The summed E-state index contributed by atoms with van der Waals surface area (Å²) in [5.41, 5.74) is 1.49. The van der Waals surface area contributed by atoms with E-state index in [4.69, 9.17) is 0 Å². The molecule has 1 aromatic carbocycles. The molecule has 0 saturated carbocycles. The molecule has 0 aliphatic rings. The van der Waals surface area contributed by atoms with Gasteiger partial charge in [0.25, 0.3) is 5.97 Å². The molecule has 0 radical (unpaired) electrons. The molecule has 1 aromatic rings. The van der Waals surface area contributed by atoms with Crippen LogP contribution >= 0.6 is 19.8 Å². The number of aryl methyl sites for hydroxylation is 1. The molecule has 4 heteroatoms. The number of benzene rings is 1. The summed E-state index contributed by atoms with van der Waals surface area (Å²) in [7, 11) is 1.37. The number of hydrogen-bond donors (Lipinski definition) is 0. The van der Waals surface area contributed by atoms with E-state index in [1.165, 1.54) is 21.9 Å². The fourth-order valence-electron chi connectivity index (χ4n) is 0.838. The Kier molecular flexibility index (Phi) is 7.47. The van der Waals surface area contributed by atoms with Crippen molar-refractivity contribution in [3.05, 3.63) is 35.4 Å². The molecule has 0 fully saturated rings. The van der Waals surface area contributed by atoms with Crippen molar-refractivity contribution >= 4 is 25.7 Å². The molecule has 0 aromatic heterocycles. The van der Waals surface area contributed by atoms with Crippen molar-refractivity contribution in [1.82, 2.24) is 0 Å². The summed E-state index contributed by atoms with van der Waals surface area (Å²) in [5, 5.41) is 0. The summed E-state index contributed by atoms with van der Waals surface area (Å²) in [6.07, 6.45) is 0. The van der Waals surface area contributed by atoms with Crippen molar-refractivity contribution in [1.29, 1.82) is 0 Å². The summed E-state index contributed by atoms with van der Waals surface area (Å²) >= 11 is 3.62. The normalized spacial score (nSPS) is 8.38. The van der Waals surface area contributed by atoms with Crippen molar-refractivity contribution in [3.63, 3.8) is 0 Å². The van der Waals surface area contributed by atoms with Gasteiger partial charge in [0.2, 0.25) is 0 Å². The zero-order chi connectivity index (χ0) is 10.3. The Hall–Kier alpha value is 0.0434. The minimum absolute atomic E-state index is 0.306. The van der Waals surface area contributed by atoms with Crippen LogP contribution in [-0.2, 0) is 19.5 Å². The molecule has 0 unspecified atom stereocenters. The van der Waals surface area contributed by atoms with Gasteiger partial charge in [0.15, 0.2) is 0 Å². The molecule has 0 amide bonds. The Labute approximate surface area is 98.9 Å². The second-order valence-electron chi connectivity index (χ2n) is 2.23. The van der Waals surface area contributed by atoms with Crippen LogP contribution in [0.15, 0.2) is 18.2 Å². The van der Waals surface area contributed by atoms with Gasteiger partial charge in [-0.15, -0.1) is 5.56 Å². The number of hydrogen-bond acceptors (Lipinski definition) is 2. The summed E-state index contributed by atoms with van der Waals surface area (Å²) in [5.74, 6) is -0.306. The summed E-state index contributed by atoms with van der Waals surface area (Å²) < 4.78 is 4.56. The molecule has 0 saturated heterocycles. The molecule has 2 nitrogen and oxygen atoms in total. The van der Waals surface area contributed by atoms with Crippen molar-refractivity contribution in [2.24, 2.45) is 0 Å². The Bertz CT molecular complexity index is 276. The van der Waals surface area contributed by atoms with Gasteiger partial charge in [-0.2, -0.15) is 24.3 Å². The van der Waals surface area contributed by atoms with Crippen LogP contribution in [0.4, 0.5) is 0 Å². The maximum absolute atomic E-state index is 11.0. The standard InChI is InChI=1S/C9H9O2.HI.Zn/c1-7-5-3-4-6-8(7)9(10)11-2;;/h3,5-6H,1-2H3;1H;/q-1;;+2/p-1. The van der Waals surface area contributed by atoms with Gasteiger partial charge < -0.3 is 4.74 Å². The third-order valence-corrected chi connectivity index (χ3v) is 1.49. The third-order valence-electron chi connectivity index (χ3n) is 1.49. The Morgan fingerprint density at radius 1 is 1.62 bits per heavy atom. The molecular formula is C9H9IO2Zn. The molecule has 0 spiro atoms. The van der Waals surface area contributed by atoms with Gasteiger partial charge in [0.1, 0.15) is 0 Å². The molecule has 0 aliphatic carbocycles. The van der Waals surface area contributed by atoms with Crippen LogP contribution in [0.5, 0.6) is 0 Å². The zero-order valence-electron chi connectivity index (χ0n) is 7.63. The van der Waals surface area contributed by atoms with E-state index in [1.54, 1.807) is 12.1 Å². The van der Waals surface area contributed by atoms with Gasteiger partial charge in [-0.25, -0.2) is 0 Å². The van der Waals surface area contributed by atoms with E-state index in [2.05, 4.69) is 30.6 Å². The molecule has 0 aliphatic heterocycles. The van der Waals surface area contributed by atoms with Gasteiger partial charge in [-0.05, 0) is 5.56 Å². The third kappa shape index (κ3) is 4.18. The molecule has 13 heavy (non-hydrogen) atoms. The van der Waals surface area contributed by atoms with Crippen LogP contribution in [0.3, 0.4) is 0 Å². The Morgan fingerprint density at radius 3 is 2.69 bits per heavy atom. The van der Waals surface area contributed by atoms with Crippen molar-refractivity contribution in [2.75, 3.05) is 7.11 Å². The van der Waals surface area contributed by atoms with Gasteiger partial charge >= 0.3 is 34.5 Å². The van der Waals surface area contributed by atoms with Crippen molar-refractivity contribution in [3.8, 4) is 0 Å². The van der Waals surface area contributed by atoms with Crippen LogP contribution in [0, 0.1) is 13.0 Å². The van der Waals surface area contributed by atoms with Gasteiger partial charge in [0, 0.05) is 0 Å². The quantitative estimate of drug-likeness (QED) is 0.339. The summed E-state index contributed by atoms with van der Waals surface area (Å²) in [4.78, 5) is 11.0. The van der Waals surface area contributed by atoms with E-state index >= 15 is 0 Å². The Balaban J connectivity index is 0.000000671. The molecule has 0 heterocycles. The first kappa shape index (κ1) is 13.0. The topological polar surface area (TPSA) is 26.3 Å². The average molecular weight is 341 g/mol. The number of ether oxygens (including phenoxy) is 1. The zero-order valence-corrected chi connectivity index (χ0v) is 12.8. The van der Waals surface area contributed by atoms with Crippen molar-refractivity contribution < 1.29 is 24.3 Å². The number of methoxy groups -OCH3 is 1. The van der Waals surface area contributed by atoms with Crippen LogP contribution in [0.25, 0.3) is 0 Å². The fraction of sp³-hybridized carbons (Fsp3) is 0.222. The van der Waals surface area contributed by atoms with Gasteiger partial charge in [-0.1, -0.05) is 6.92 Å². The number of rotatable bonds is 1. The average Bonchev–Trinajstić information content (AvgIpc) is 2.20. The van der Waals surface area contributed by atoms with E-state index in [1.807, 2.05) is 13.0 Å². The van der Waals surface area contributed by atoms with Gasteiger partial charge in [-0.3, -0.25) is 4.79 Å². The first-order valence-corrected chi connectivity index (χ1v) is 12.6. The van der Waals surface area contributed by atoms with Crippen LogP contribution in [0.1, 0.15) is 15.9 Å². The van der Waals surface area contributed by atoms with Gasteiger partial charge in [0.05, 0.1) is 7.11 Å². The monoisotopic (exact) mass is 340 g/mol. The second kappa shape index (κ2) is 7.45. The summed E-state index contributed by atoms with van der Waals surface area (Å²) in [6, 6.07) is 8.03. The first-order chi connectivity index (χ1) is 6.25. The SMILES string of the molecule is COC(=O)c1c[c-]ccc1C.[Zn+][I]. The van der Waals surface area contributed by atoms with Crippen molar-refractivity contribution in [2.45, 2.75) is 6.92 Å². The fourth-order valence-corrected chi connectivity index (χ4v) is 0.838. The molecule has 1 rings (SSSR count). The summed E-state index contributed by atoms with van der Waals surface area (Å²) in [6.45, 7) is 1.86. The van der Waals surface area contributed by atoms with Crippen LogP contribution in [0.2, 0.25) is 0 Å². The molecule has 0 bridgehead atoms. The number of esters is 1.